The van der Waals surface area contributed by atoms with Crippen molar-refractivity contribution in [3.63, 3.8) is 0 Å². The fourth-order valence-electron chi connectivity index (χ4n) is 1.04. The molecule has 0 bridgehead atoms. The van der Waals surface area contributed by atoms with Crippen molar-refractivity contribution in [3.05, 3.63) is 32.2 Å². The Hall–Kier alpha value is -1.24. The van der Waals surface area contributed by atoms with Crippen LogP contribution in [0.1, 0.15) is 17.6 Å². The number of aromatic nitrogens is 1. The molecule has 1 heterocycles. The van der Waals surface area contributed by atoms with Crippen molar-refractivity contribution in [1.29, 1.82) is 0 Å². The molecular formula is C8H6BrF2NO3. The van der Waals surface area contributed by atoms with Crippen LogP contribution in [0.4, 0.5) is 8.78 Å². The average molecular weight is 282 g/mol. The van der Waals surface area contributed by atoms with Gasteiger partial charge in [-0.2, -0.15) is 0 Å². The van der Waals surface area contributed by atoms with Crippen molar-refractivity contribution in [3.8, 4) is 0 Å². The molecule has 1 rings (SSSR count). The smallest absolute Gasteiger partial charge is 0.308 e. The van der Waals surface area contributed by atoms with Gasteiger partial charge in [0.25, 0.3) is 12.0 Å². The molecule has 1 aromatic rings. The standard InChI is InChI=1S/C8H6BrF2NO3/c9-6-3(1-5(13)14)8(15)12-2-4(6)7(10)11/h2,7H,1H2,(H,12,15)(H,13,14). The van der Waals surface area contributed by atoms with Gasteiger partial charge in [-0.1, -0.05) is 0 Å². The molecule has 0 aromatic carbocycles. The molecule has 1 aromatic heterocycles. The number of carboxylic acid groups (broad SMARTS) is 1. The Balaban J connectivity index is 3.30. The molecule has 0 atom stereocenters. The first-order valence-electron chi connectivity index (χ1n) is 3.83. The zero-order valence-corrected chi connectivity index (χ0v) is 8.85. The molecule has 0 saturated heterocycles. The summed E-state index contributed by atoms with van der Waals surface area (Å²) in [6.07, 6.45) is -2.51. The number of nitrogens with one attached hydrogen (secondary N) is 1. The van der Waals surface area contributed by atoms with E-state index in [1.807, 2.05) is 0 Å². The van der Waals surface area contributed by atoms with Crippen molar-refractivity contribution in [2.45, 2.75) is 12.8 Å². The van der Waals surface area contributed by atoms with Gasteiger partial charge >= 0.3 is 5.97 Å². The van der Waals surface area contributed by atoms with E-state index >= 15 is 0 Å². The van der Waals surface area contributed by atoms with E-state index in [4.69, 9.17) is 5.11 Å². The van der Waals surface area contributed by atoms with Crippen molar-refractivity contribution in [2.24, 2.45) is 0 Å². The van der Waals surface area contributed by atoms with Gasteiger partial charge in [0.1, 0.15) is 0 Å². The molecule has 2 N–H and O–H groups in total. The van der Waals surface area contributed by atoms with Gasteiger partial charge in [-0.05, 0) is 15.9 Å². The Bertz CT molecular complexity index is 444. The summed E-state index contributed by atoms with van der Waals surface area (Å²) in [6.45, 7) is 0. The molecule has 15 heavy (non-hydrogen) atoms. The van der Waals surface area contributed by atoms with Gasteiger partial charge in [0.2, 0.25) is 0 Å². The molecule has 0 aliphatic rings. The summed E-state index contributed by atoms with van der Waals surface area (Å²) in [5, 5.41) is 8.48. The number of carboxylic acids is 1. The van der Waals surface area contributed by atoms with Crippen LogP contribution in [0.2, 0.25) is 0 Å². The Morgan fingerprint density at radius 3 is 2.67 bits per heavy atom. The fourth-order valence-corrected chi connectivity index (χ4v) is 1.64. The molecule has 0 amide bonds. The van der Waals surface area contributed by atoms with Gasteiger partial charge in [-0.3, -0.25) is 9.59 Å². The van der Waals surface area contributed by atoms with E-state index in [-0.39, 0.29) is 10.0 Å². The Kier molecular flexibility index (Phi) is 3.57. The number of hydrogen-bond donors (Lipinski definition) is 2. The number of hydrogen-bond acceptors (Lipinski definition) is 2. The largest absolute Gasteiger partial charge is 0.481 e. The Labute approximate surface area is 91.1 Å². The number of halogens is 3. The fraction of sp³-hybridized carbons (Fsp3) is 0.250. The molecule has 0 fully saturated rings. The van der Waals surface area contributed by atoms with Crippen LogP contribution in [-0.2, 0) is 11.2 Å². The number of carbonyl (C=O) groups is 1. The molecule has 0 aliphatic carbocycles. The lowest BCUT2D eigenvalue weighted by Crippen LogP contribution is -2.18. The average Bonchev–Trinajstić information content (AvgIpc) is 2.11. The molecule has 7 heteroatoms. The second-order valence-electron chi connectivity index (χ2n) is 2.74. The van der Waals surface area contributed by atoms with Crippen LogP contribution >= 0.6 is 15.9 Å². The number of aliphatic carboxylic acids is 1. The van der Waals surface area contributed by atoms with Crippen molar-refractivity contribution < 1.29 is 18.7 Å². The molecule has 0 aliphatic heterocycles. The molecule has 82 valence electrons. The van der Waals surface area contributed by atoms with Gasteiger partial charge in [0.15, 0.2) is 0 Å². The lowest BCUT2D eigenvalue weighted by atomic mass is 10.1. The van der Waals surface area contributed by atoms with E-state index < -0.39 is 29.9 Å². The minimum Gasteiger partial charge on any atom is -0.481 e. The molecule has 4 nitrogen and oxygen atoms in total. The van der Waals surface area contributed by atoms with Crippen LogP contribution in [0, 0.1) is 0 Å². The van der Waals surface area contributed by atoms with Gasteiger partial charge in [-0.15, -0.1) is 0 Å². The minimum absolute atomic E-state index is 0.149. The third-order valence-electron chi connectivity index (χ3n) is 1.71. The quantitative estimate of drug-likeness (QED) is 0.886. The first-order chi connectivity index (χ1) is 6.93. The number of rotatable bonds is 3. The molecular weight excluding hydrogens is 276 g/mol. The summed E-state index contributed by atoms with van der Waals surface area (Å²) in [6, 6.07) is 0. The highest BCUT2D eigenvalue weighted by Crippen LogP contribution is 2.27. The summed E-state index contributed by atoms with van der Waals surface area (Å²) >= 11 is 2.80. The van der Waals surface area contributed by atoms with Gasteiger partial charge in [0.05, 0.1) is 6.42 Å². The number of alkyl halides is 2. The SMILES string of the molecule is O=C(O)Cc1c(Br)c(C(F)F)c[nH]c1=O. The lowest BCUT2D eigenvalue weighted by Gasteiger charge is -2.06. The van der Waals surface area contributed by atoms with Crippen LogP contribution in [0.15, 0.2) is 15.5 Å². The maximum atomic E-state index is 12.4. The summed E-state index contributed by atoms with van der Waals surface area (Å²) in [7, 11) is 0. The summed E-state index contributed by atoms with van der Waals surface area (Å²) in [5.41, 5.74) is -1.32. The van der Waals surface area contributed by atoms with E-state index in [0.717, 1.165) is 6.20 Å². The molecule has 0 spiro atoms. The van der Waals surface area contributed by atoms with Crippen LogP contribution in [0.3, 0.4) is 0 Å². The van der Waals surface area contributed by atoms with Crippen molar-refractivity contribution in [2.75, 3.05) is 0 Å². The Morgan fingerprint density at radius 2 is 2.20 bits per heavy atom. The highest BCUT2D eigenvalue weighted by atomic mass is 79.9. The maximum Gasteiger partial charge on any atom is 0.308 e. The first-order valence-corrected chi connectivity index (χ1v) is 4.62. The van der Waals surface area contributed by atoms with Crippen LogP contribution in [0.5, 0.6) is 0 Å². The Morgan fingerprint density at radius 1 is 1.60 bits per heavy atom. The molecule has 0 saturated carbocycles. The van der Waals surface area contributed by atoms with E-state index in [1.54, 1.807) is 0 Å². The lowest BCUT2D eigenvalue weighted by molar-refractivity contribution is -0.136. The molecule has 0 unspecified atom stereocenters. The van der Waals surface area contributed by atoms with Crippen LogP contribution < -0.4 is 5.56 Å². The third kappa shape index (κ3) is 2.62. The maximum absolute atomic E-state index is 12.4. The van der Waals surface area contributed by atoms with Crippen LogP contribution in [0.25, 0.3) is 0 Å². The van der Waals surface area contributed by atoms with E-state index in [9.17, 15) is 18.4 Å². The second-order valence-corrected chi connectivity index (χ2v) is 3.53. The van der Waals surface area contributed by atoms with Crippen LogP contribution in [-0.4, -0.2) is 16.1 Å². The summed E-state index contributed by atoms with van der Waals surface area (Å²) in [5.74, 6) is -1.26. The van der Waals surface area contributed by atoms with Crippen molar-refractivity contribution in [1.82, 2.24) is 4.98 Å². The number of aromatic amines is 1. The van der Waals surface area contributed by atoms with Crippen molar-refractivity contribution >= 4 is 21.9 Å². The predicted octanol–water partition coefficient (Wildman–Crippen LogP) is 1.70. The van der Waals surface area contributed by atoms with E-state index in [0.29, 0.717) is 0 Å². The third-order valence-corrected chi connectivity index (χ3v) is 2.65. The minimum atomic E-state index is -2.77. The number of pyridine rings is 1. The van der Waals surface area contributed by atoms with Gasteiger partial charge < -0.3 is 10.1 Å². The van der Waals surface area contributed by atoms with Gasteiger partial charge in [0, 0.05) is 21.8 Å². The highest BCUT2D eigenvalue weighted by molar-refractivity contribution is 9.10. The second kappa shape index (κ2) is 4.52. The summed E-state index contributed by atoms with van der Waals surface area (Å²) < 4.78 is 24.6. The monoisotopic (exact) mass is 281 g/mol. The van der Waals surface area contributed by atoms with E-state index in [1.165, 1.54) is 0 Å². The topological polar surface area (TPSA) is 70.2 Å². The zero-order chi connectivity index (χ0) is 11.6. The predicted molar refractivity (Wildman–Crippen MR) is 51.1 cm³/mol. The summed E-state index contributed by atoms with van der Waals surface area (Å²) in [4.78, 5) is 23.6. The van der Waals surface area contributed by atoms with Gasteiger partial charge in [-0.25, -0.2) is 8.78 Å². The first kappa shape index (κ1) is 11.8. The normalized spacial score (nSPS) is 10.7. The van der Waals surface area contributed by atoms with E-state index in [2.05, 4.69) is 20.9 Å². The number of H-pyrrole nitrogens is 1. The highest BCUT2D eigenvalue weighted by Gasteiger charge is 2.18. The molecule has 0 radical (unpaired) electrons. The zero-order valence-electron chi connectivity index (χ0n) is 7.26.